The molecule has 3 heterocycles. The highest BCUT2D eigenvalue weighted by Crippen LogP contribution is 2.39. The summed E-state index contributed by atoms with van der Waals surface area (Å²) in [7, 11) is 0. The van der Waals surface area contributed by atoms with Crippen LogP contribution in [-0.2, 0) is 6.42 Å². The van der Waals surface area contributed by atoms with Crippen LogP contribution in [0.3, 0.4) is 0 Å². The third kappa shape index (κ3) is 3.95. The van der Waals surface area contributed by atoms with Gasteiger partial charge in [-0.15, -0.1) is 0 Å². The molecule has 4 heteroatoms. The van der Waals surface area contributed by atoms with Gasteiger partial charge in [-0.25, -0.2) is 15.0 Å². The molecule has 4 aromatic carbocycles. The average Bonchev–Trinajstić information content (AvgIpc) is 3.30. The minimum Gasteiger partial charge on any atom is -0.437 e. The molecule has 0 N–H and O–H groups in total. The Morgan fingerprint density at radius 1 is 0.744 bits per heavy atom. The summed E-state index contributed by atoms with van der Waals surface area (Å²) >= 11 is 0. The highest BCUT2D eigenvalue weighted by atomic mass is 16.3. The zero-order chi connectivity index (χ0) is 26.7. The van der Waals surface area contributed by atoms with Crippen molar-refractivity contribution in [3.8, 4) is 22.5 Å². The van der Waals surface area contributed by atoms with Gasteiger partial charge in [0.1, 0.15) is 11.4 Å². The zero-order valence-electron chi connectivity index (χ0n) is 22.6. The maximum absolute atomic E-state index is 6.48. The van der Waals surface area contributed by atoms with Gasteiger partial charge in [0.25, 0.3) is 0 Å². The summed E-state index contributed by atoms with van der Waals surface area (Å²) in [6, 6.07) is 29.6. The van der Waals surface area contributed by atoms with Crippen LogP contribution < -0.4 is 0 Å². The van der Waals surface area contributed by atoms with E-state index in [0.717, 1.165) is 62.0 Å². The van der Waals surface area contributed by atoms with Gasteiger partial charge >= 0.3 is 0 Å². The largest absolute Gasteiger partial charge is 0.437 e. The second-order valence-corrected chi connectivity index (χ2v) is 10.9. The fraction of sp³-hybridized carbons (Fsp3) is 0.171. The number of fused-ring (bicyclic) bond motifs is 6. The van der Waals surface area contributed by atoms with E-state index in [1.807, 2.05) is 25.1 Å². The third-order valence-electron chi connectivity index (χ3n) is 7.48. The van der Waals surface area contributed by atoms with Crippen LogP contribution in [0.25, 0.3) is 66.3 Å². The summed E-state index contributed by atoms with van der Waals surface area (Å²) in [5.41, 5.74) is 8.84. The maximum atomic E-state index is 6.48. The van der Waals surface area contributed by atoms with E-state index in [1.165, 1.54) is 21.9 Å². The Labute approximate surface area is 227 Å². The Morgan fingerprint density at radius 2 is 1.56 bits per heavy atom. The monoisotopic (exact) mass is 507 g/mol. The van der Waals surface area contributed by atoms with Crippen molar-refractivity contribution in [3.63, 3.8) is 0 Å². The molecule has 3 aromatic heterocycles. The van der Waals surface area contributed by atoms with E-state index in [2.05, 4.69) is 87.5 Å². The normalized spacial score (nSPS) is 11.9. The number of rotatable bonds is 4. The highest BCUT2D eigenvalue weighted by molar-refractivity contribution is 6.14. The molecule has 0 saturated heterocycles. The lowest BCUT2D eigenvalue weighted by Crippen LogP contribution is -1.98. The molecule has 0 bridgehead atoms. The van der Waals surface area contributed by atoms with Crippen molar-refractivity contribution in [2.45, 2.75) is 34.1 Å². The van der Waals surface area contributed by atoms with E-state index in [0.29, 0.717) is 11.6 Å². The number of hydrogen-bond donors (Lipinski definition) is 0. The van der Waals surface area contributed by atoms with Gasteiger partial charge in [0, 0.05) is 32.7 Å². The van der Waals surface area contributed by atoms with Crippen molar-refractivity contribution in [1.29, 1.82) is 0 Å². The molecule has 7 aromatic rings. The van der Waals surface area contributed by atoms with E-state index < -0.39 is 0 Å². The molecule has 0 unspecified atom stereocenters. The average molecular weight is 508 g/mol. The Morgan fingerprint density at radius 3 is 2.38 bits per heavy atom. The topological polar surface area (TPSA) is 51.8 Å². The number of para-hydroxylation sites is 1. The molecule has 0 aliphatic carbocycles. The van der Waals surface area contributed by atoms with E-state index in [-0.39, 0.29) is 0 Å². The number of nitrogens with zero attached hydrogens (tertiary/aromatic N) is 3. The van der Waals surface area contributed by atoms with Crippen LogP contribution >= 0.6 is 0 Å². The molecule has 0 aliphatic rings. The molecule has 190 valence electrons. The smallest absolute Gasteiger partial charge is 0.227 e. The van der Waals surface area contributed by atoms with Gasteiger partial charge < -0.3 is 4.42 Å². The summed E-state index contributed by atoms with van der Waals surface area (Å²) in [6.07, 6.45) is 1.07. The Hall–Kier alpha value is -4.57. The quantitative estimate of drug-likeness (QED) is 0.223. The van der Waals surface area contributed by atoms with E-state index >= 15 is 0 Å². The van der Waals surface area contributed by atoms with Crippen molar-refractivity contribution in [1.82, 2.24) is 15.0 Å². The molecule has 0 amide bonds. The van der Waals surface area contributed by atoms with Crippen LogP contribution in [0.1, 0.15) is 30.8 Å². The molecule has 0 radical (unpaired) electrons. The number of hydrogen-bond acceptors (Lipinski definition) is 4. The van der Waals surface area contributed by atoms with Gasteiger partial charge in [-0.2, -0.15) is 0 Å². The second-order valence-electron chi connectivity index (χ2n) is 10.9. The summed E-state index contributed by atoms with van der Waals surface area (Å²) < 4.78 is 6.48. The van der Waals surface area contributed by atoms with Gasteiger partial charge in [-0.3, -0.25) is 0 Å². The van der Waals surface area contributed by atoms with E-state index in [1.54, 1.807) is 0 Å². The highest BCUT2D eigenvalue weighted by Gasteiger charge is 2.19. The first-order valence-electron chi connectivity index (χ1n) is 13.5. The molecule has 0 spiro atoms. The summed E-state index contributed by atoms with van der Waals surface area (Å²) in [4.78, 5) is 14.8. The lowest BCUT2D eigenvalue weighted by molar-refractivity contribution is 0.647. The second kappa shape index (κ2) is 9.02. The molecule has 0 atom stereocenters. The van der Waals surface area contributed by atoms with Crippen molar-refractivity contribution in [2.24, 2.45) is 5.92 Å². The summed E-state index contributed by atoms with van der Waals surface area (Å²) in [5.74, 6) is 1.36. The minimum absolute atomic E-state index is 0.612. The Balaban J connectivity index is 1.46. The number of aryl methyl sites for hydroxylation is 2. The first-order chi connectivity index (χ1) is 19.0. The van der Waals surface area contributed by atoms with Crippen molar-refractivity contribution >= 4 is 43.7 Å². The van der Waals surface area contributed by atoms with Gasteiger partial charge in [-0.1, -0.05) is 74.5 Å². The fourth-order valence-electron chi connectivity index (χ4n) is 5.88. The first kappa shape index (κ1) is 23.5. The van der Waals surface area contributed by atoms with Crippen LogP contribution in [0.15, 0.2) is 89.3 Å². The summed E-state index contributed by atoms with van der Waals surface area (Å²) in [5, 5.41) is 5.48. The Bertz CT molecular complexity index is 2040. The van der Waals surface area contributed by atoms with E-state index in [4.69, 9.17) is 19.4 Å². The Kier molecular flexibility index (Phi) is 5.44. The number of pyridine rings is 1. The van der Waals surface area contributed by atoms with Crippen LogP contribution in [-0.4, -0.2) is 15.0 Å². The minimum atomic E-state index is 0.612. The van der Waals surface area contributed by atoms with Crippen molar-refractivity contribution < 1.29 is 4.42 Å². The molecule has 0 aliphatic heterocycles. The molecule has 4 nitrogen and oxygen atoms in total. The molecule has 0 saturated carbocycles. The third-order valence-corrected chi connectivity index (χ3v) is 7.48. The lowest BCUT2D eigenvalue weighted by Gasteiger charge is -2.14. The van der Waals surface area contributed by atoms with Crippen LogP contribution in [0, 0.1) is 19.8 Å². The maximum Gasteiger partial charge on any atom is 0.227 e. The predicted octanol–water partition coefficient (Wildman–Crippen LogP) is 9.23. The lowest BCUT2D eigenvalue weighted by atomic mass is 9.94. The van der Waals surface area contributed by atoms with Crippen molar-refractivity contribution in [2.75, 3.05) is 0 Å². The molecular formula is C35H29N3O. The SMILES string of the molecule is Cc1nc(-c2cccc3c2oc2nc(-c4ccccc4)ccc23)c2ccc3cc(CC(C)C)cc(C)c3c2n1. The number of furan rings is 1. The van der Waals surface area contributed by atoms with Gasteiger partial charge in [0.05, 0.1) is 16.9 Å². The van der Waals surface area contributed by atoms with Gasteiger partial charge in [0.15, 0.2) is 0 Å². The van der Waals surface area contributed by atoms with Crippen LogP contribution in [0.4, 0.5) is 0 Å². The molecule has 0 fully saturated rings. The van der Waals surface area contributed by atoms with Crippen LogP contribution in [0.2, 0.25) is 0 Å². The molecule has 39 heavy (non-hydrogen) atoms. The van der Waals surface area contributed by atoms with E-state index in [9.17, 15) is 0 Å². The van der Waals surface area contributed by atoms with Gasteiger partial charge in [-0.05, 0) is 67.0 Å². The van der Waals surface area contributed by atoms with Crippen molar-refractivity contribution in [3.05, 3.63) is 102 Å². The summed E-state index contributed by atoms with van der Waals surface area (Å²) in [6.45, 7) is 8.69. The molecular weight excluding hydrogens is 478 g/mol. The predicted molar refractivity (Wildman–Crippen MR) is 161 cm³/mol. The fourth-order valence-corrected chi connectivity index (χ4v) is 5.88. The van der Waals surface area contributed by atoms with Crippen LogP contribution in [0.5, 0.6) is 0 Å². The first-order valence-corrected chi connectivity index (χ1v) is 13.5. The number of benzene rings is 4. The molecule has 7 rings (SSSR count). The van der Waals surface area contributed by atoms with Gasteiger partial charge in [0.2, 0.25) is 5.71 Å². The standard InChI is InChI=1S/C35H29N3O/c1-20(2)17-23-18-21(3)31-25(19-23)13-14-28-32(36-22(4)37-33(28)31)29-12-8-11-26-27-15-16-30(24-9-6-5-7-10-24)38-35(27)39-34(26)29/h5-16,18-20H,17H2,1-4H3. The number of aromatic nitrogens is 3. The zero-order valence-corrected chi connectivity index (χ0v) is 22.6.